The lowest BCUT2D eigenvalue weighted by atomic mass is 10.1. The maximum absolute atomic E-state index is 12.0. The Morgan fingerprint density at radius 3 is 2.71 bits per heavy atom. The highest BCUT2D eigenvalue weighted by atomic mass is 79.9. The number of nitrogens with zero attached hydrogens (tertiary/aromatic N) is 2. The molecule has 0 spiro atoms. The van der Waals surface area contributed by atoms with Crippen molar-refractivity contribution in [3.05, 3.63) is 32.8 Å². The number of primary sulfonamides is 1. The van der Waals surface area contributed by atoms with E-state index in [1.807, 2.05) is 0 Å². The zero-order valence-electron chi connectivity index (χ0n) is 10.7. The molecule has 1 aliphatic heterocycles. The van der Waals surface area contributed by atoms with E-state index in [2.05, 4.69) is 15.9 Å². The Labute approximate surface area is 129 Å². The molecule has 114 valence electrons. The van der Waals surface area contributed by atoms with E-state index in [1.54, 1.807) is 6.07 Å². The Hall–Kier alpha value is -1.52. The molecule has 0 saturated carbocycles. The minimum atomic E-state index is -3.69. The number of halogens is 1. The second-order valence-electron chi connectivity index (χ2n) is 4.79. The number of nitro groups is 1. The Morgan fingerprint density at radius 2 is 2.14 bits per heavy atom. The van der Waals surface area contributed by atoms with Crippen LogP contribution in [0.15, 0.2) is 22.7 Å². The summed E-state index contributed by atoms with van der Waals surface area (Å²) in [4.78, 5) is 23.7. The fraction of sp³-hybridized carbons (Fsp3) is 0.364. The van der Waals surface area contributed by atoms with Crippen molar-refractivity contribution in [3.63, 3.8) is 0 Å². The van der Waals surface area contributed by atoms with E-state index in [0.717, 1.165) is 0 Å². The first-order valence-corrected chi connectivity index (χ1v) is 8.43. The van der Waals surface area contributed by atoms with E-state index in [4.69, 9.17) is 5.14 Å². The normalized spacial score (nSPS) is 19.0. The minimum Gasteiger partial charge on any atom is -0.306 e. The SMILES string of the molecule is NS(=O)(=O)CC1CC(=O)N(c2ccc(Br)cc2[N+](=O)[O-])C1. The molecule has 2 N–H and O–H groups in total. The summed E-state index contributed by atoms with van der Waals surface area (Å²) in [6.45, 7) is 0.0950. The topological polar surface area (TPSA) is 124 Å². The number of rotatable bonds is 4. The molecule has 2 rings (SSSR count). The molecule has 1 unspecified atom stereocenters. The predicted molar refractivity (Wildman–Crippen MR) is 79.2 cm³/mol. The van der Waals surface area contributed by atoms with E-state index >= 15 is 0 Å². The largest absolute Gasteiger partial charge is 0.306 e. The third kappa shape index (κ3) is 3.77. The van der Waals surface area contributed by atoms with Gasteiger partial charge in [-0.25, -0.2) is 13.6 Å². The summed E-state index contributed by atoms with van der Waals surface area (Å²) in [5.74, 6) is -1.13. The minimum absolute atomic E-state index is 0.00362. The van der Waals surface area contributed by atoms with Crippen molar-refractivity contribution >= 4 is 43.2 Å². The van der Waals surface area contributed by atoms with Crippen LogP contribution in [-0.2, 0) is 14.8 Å². The highest BCUT2D eigenvalue weighted by Crippen LogP contribution is 2.35. The summed E-state index contributed by atoms with van der Waals surface area (Å²) in [5, 5.41) is 16.0. The highest BCUT2D eigenvalue weighted by Gasteiger charge is 2.35. The standard InChI is InChI=1S/C11H12BrN3O5S/c12-8-1-2-9(10(4-8)15(17)18)14-5-7(3-11(14)16)6-21(13,19)20/h1-2,4,7H,3,5-6H2,(H2,13,19,20). The van der Waals surface area contributed by atoms with Crippen LogP contribution in [0.2, 0.25) is 0 Å². The number of carbonyl (C=O) groups excluding carboxylic acids is 1. The Morgan fingerprint density at radius 1 is 1.48 bits per heavy atom. The monoisotopic (exact) mass is 377 g/mol. The smallest absolute Gasteiger partial charge is 0.294 e. The van der Waals surface area contributed by atoms with E-state index < -0.39 is 20.9 Å². The number of carbonyl (C=O) groups is 1. The molecule has 1 heterocycles. The van der Waals surface area contributed by atoms with Gasteiger partial charge in [-0.1, -0.05) is 15.9 Å². The van der Waals surface area contributed by atoms with Crippen molar-refractivity contribution < 1.29 is 18.1 Å². The van der Waals surface area contributed by atoms with Crippen molar-refractivity contribution in [2.24, 2.45) is 11.1 Å². The van der Waals surface area contributed by atoms with E-state index in [-0.39, 0.29) is 36.0 Å². The highest BCUT2D eigenvalue weighted by molar-refractivity contribution is 9.10. The molecule has 8 nitrogen and oxygen atoms in total. The van der Waals surface area contributed by atoms with Gasteiger partial charge in [0.2, 0.25) is 15.9 Å². The molecule has 1 fully saturated rings. The summed E-state index contributed by atoms with van der Waals surface area (Å²) in [6, 6.07) is 4.34. The number of anilines is 1. The van der Waals surface area contributed by atoms with Crippen molar-refractivity contribution in [1.82, 2.24) is 0 Å². The maximum Gasteiger partial charge on any atom is 0.294 e. The van der Waals surface area contributed by atoms with Gasteiger partial charge in [0, 0.05) is 29.4 Å². The van der Waals surface area contributed by atoms with Gasteiger partial charge in [0.25, 0.3) is 5.69 Å². The molecular formula is C11H12BrN3O5S. The van der Waals surface area contributed by atoms with Crippen LogP contribution < -0.4 is 10.0 Å². The first-order valence-electron chi connectivity index (χ1n) is 5.92. The number of hydrogen-bond acceptors (Lipinski definition) is 5. The Bertz CT molecular complexity index is 706. The van der Waals surface area contributed by atoms with Gasteiger partial charge in [-0.15, -0.1) is 0 Å². The average molecular weight is 378 g/mol. The molecule has 10 heteroatoms. The second kappa shape index (κ2) is 5.70. The van der Waals surface area contributed by atoms with Crippen LogP contribution in [0.25, 0.3) is 0 Å². The lowest BCUT2D eigenvalue weighted by Crippen LogP contribution is -2.28. The quantitative estimate of drug-likeness (QED) is 0.618. The summed E-state index contributed by atoms with van der Waals surface area (Å²) < 4.78 is 22.7. The zero-order chi connectivity index (χ0) is 15.8. The van der Waals surface area contributed by atoms with Crippen LogP contribution in [0, 0.1) is 16.0 Å². The Kier molecular flexibility index (Phi) is 4.30. The molecule has 0 radical (unpaired) electrons. The van der Waals surface area contributed by atoms with E-state index in [9.17, 15) is 23.3 Å². The summed E-state index contributed by atoms with van der Waals surface area (Å²) in [5.41, 5.74) is -0.0564. The maximum atomic E-state index is 12.0. The van der Waals surface area contributed by atoms with Gasteiger partial charge in [-0.05, 0) is 12.1 Å². The van der Waals surface area contributed by atoms with Gasteiger partial charge in [0.15, 0.2) is 0 Å². The first-order chi connectivity index (χ1) is 9.67. The number of hydrogen-bond donors (Lipinski definition) is 1. The molecular weight excluding hydrogens is 366 g/mol. The van der Waals surface area contributed by atoms with Crippen LogP contribution in [0.4, 0.5) is 11.4 Å². The van der Waals surface area contributed by atoms with Crippen molar-refractivity contribution in [2.45, 2.75) is 6.42 Å². The van der Waals surface area contributed by atoms with E-state index in [0.29, 0.717) is 4.47 Å². The molecule has 1 atom stereocenters. The molecule has 0 aromatic heterocycles. The summed E-state index contributed by atoms with van der Waals surface area (Å²) in [7, 11) is -3.69. The van der Waals surface area contributed by atoms with Crippen LogP contribution >= 0.6 is 15.9 Å². The van der Waals surface area contributed by atoms with E-state index in [1.165, 1.54) is 17.0 Å². The predicted octanol–water partition coefficient (Wildman–Crippen LogP) is 0.999. The number of sulfonamides is 1. The molecule has 0 bridgehead atoms. The summed E-state index contributed by atoms with van der Waals surface area (Å²) in [6.07, 6.45) is 0.00362. The molecule has 1 aliphatic rings. The first kappa shape index (κ1) is 15.9. The Balaban J connectivity index is 2.31. The van der Waals surface area contributed by atoms with Gasteiger partial charge in [0.05, 0.1) is 10.7 Å². The average Bonchev–Trinajstić information content (AvgIpc) is 2.67. The van der Waals surface area contributed by atoms with Crippen molar-refractivity contribution in [2.75, 3.05) is 17.2 Å². The van der Waals surface area contributed by atoms with Crippen molar-refractivity contribution in [3.8, 4) is 0 Å². The fourth-order valence-electron chi connectivity index (χ4n) is 2.33. The van der Waals surface area contributed by atoms with Gasteiger partial charge in [0.1, 0.15) is 5.69 Å². The van der Waals surface area contributed by atoms with Gasteiger partial charge >= 0.3 is 0 Å². The van der Waals surface area contributed by atoms with Gasteiger partial charge in [-0.3, -0.25) is 14.9 Å². The zero-order valence-corrected chi connectivity index (χ0v) is 13.1. The number of amides is 1. The third-order valence-corrected chi connectivity index (χ3v) is 4.53. The lowest BCUT2D eigenvalue weighted by molar-refractivity contribution is -0.384. The van der Waals surface area contributed by atoms with Crippen LogP contribution in [0.5, 0.6) is 0 Å². The summed E-state index contributed by atoms with van der Waals surface area (Å²) >= 11 is 3.14. The third-order valence-electron chi connectivity index (χ3n) is 3.10. The lowest BCUT2D eigenvalue weighted by Gasteiger charge is -2.16. The van der Waals surface area contributed by atoms with Crippen molar-refractivity contribution in [1.29, 1.82) is 0 Å². The second-order valence-corrected chi connectivity index (χ2v) is 7.37. The fourth-order valence-corrected chi connectivity index (χ4v) is 3.55. The molecule has 1 aromatic rings. The number of nitro benzene ring substituents is 1. The number of benzene rings is 1. The molecule has 1 saturated heterocycles. The number of nitrogens with two attached hydrogens (primary N) is 1. The molecule has 21 heavy (non-hydrogen) atoms. The van der Waals surface area contributed by atoms with Gasteiger partial charge < -0.3 is 4.90 Å². The molecule has 1 amide bonds. The van der Waals surface area contributed by atoms with Crippen LogP contribution in [-0.4, -0.2) is 31.5 Å². The molecule has 1 aromatic carbocycles. The van der Waals surface area contributed by atoms with Crippen LogP contribution in [0.1, 0.15) is 6.42 Å². The molecule has 0 aliphatic carbocycles. The van der Waals surface area contributed by atoms with Gasteiger partial charge in [-0.2, -0.15) is 0 Å². The van der Waals surface area contributed by atoms with Crippen LogP contribution in [0.3, 0.4) is 0 Å².